The highest BCUT2D eigenvalue weighted by Crippen LogP contribution is 2.11. The summed E-state index contributed by atoms with van der Waals surface area (Å²) < 4.78 is 0. The maximum atomic E-state index is 5.41. The Hall–Kier alpha value is -1.76. The molecule has 0 fully saturated rings. The fourth-order valence-electron chi connectivity index (χ4n) is 0.800. The number of nitrogens with two attached hydrogens (primary N) is 1. The molecule has 0 unspecified atom stereocenters. The van der Waals surface area contributed by atoms with E-state index in [4.69, 9.17) is 12.2 Å². The zero-order valence-electron chi connectivity index (χ0n) is 7.70. The lowest BCUT2D eigenvalue weighted by molar-refractivity contribution is 0.735. The number of nitrogens with zero attached hydrogens (tertiary/aromatic N) is 2. The molecule has 68 valence electrons. The minimum absolute atomic E-state index is 0.234. The van der Waals surface area contributed by atoms with Crippen LogP contribution in [0, 0.1) is 12.3 Å². The van der Waals surface area contributed by atoms with Gasteiger partial charge >= 0.3 is 0 Å². The summed E-state index contributed by atoms with van der Waals surface area (Å²) in [5.41, 5.74) is 4.98. The normalized spacial score (nSPS) is 10.5. The zero-order chi connectivity index (χ0) is 9.90. The van der Waals surface area contributed by atoms with Crippen molar-refractivity contribution in [2.45, 2.75) is 19.4 Å². The van der Waals surface area contributed by atoms with Gasteiger partial charge in [-0.1, -0.05) is 5.92 Å². The third kappa shape index (κ3) is 2.64. The van der Waals surface area contributed by atoms with E-state index in [1.807, 2.05) is 13.8 Å². The van der Waals surface area contributed by atoms with Gasteiger partial charge in [-0.25, -0.2) is 4.98 Å². The van der Waals surface area contributed by atoms with Crippen molar-refractivity contribution in [1.29, 1.82) is 0 Å². The summed E-state index contributed by atoms with van der Waals surface area (Å²) >= 11 is 0. The standard InChI is InChI=1S/C9H12N4/c1-4-9(2,3)13-7-5-6-11-8(10)12-7/h1,5-6H,2-3H3,(H3,10,11,12,13). The number of hydrogen-bond acceptors (Lipinski definition) is 4. The number of nitrogen functional groups attached to an aromatic ring is 1. The smallest absolute Gasteiger partial charge is 0.221 e. The molecule has 1 aromatic heterocycles. The van der Waals surface area contributed by atoms with Gasteiger partial charge in [-0.05, 0) is 19.9 Å². The van der Waals surface area contributed by atoms with E-state index in [0.717, 1.165) is 0 Å². The maximum Gasteiger partial charge on any atom is 0.221 e. The largest absolute Gasteiger partial charge is 0.368 e. The van der Waals surface area contributed by atoms with Crippen molar-refractivity contribution in [1.82, 2.24) is 9.97 Å². The van der Waals surface area contributed by atoms with Crippen LogP contribution in [0.1, 0.15) is 13.8 Å². The van der Waals surface area contributed by atoms with Gasteiger partial charge in [0.1, 0.15) is 5.82 Å². The minimum Gasteiger partial charge on any atom is -0.368 e. The van der Waals surface area contributed by atoms with Gasteiger partial charge < -0.3 is 11.1 Å². The second kappa shape index (κ2) is 3.31. The lowest BCUT2D eigenvalue weighted by atomic mass is 10.1. The van der Waals surface area contributed by atoms with Gasteiger partial charge in [0.25, 0.3) is 0 Å². The molecule has 4 nitrogen and oxygen atoms in total. The summed E-state index contributed by atoms with van der Waals surface area (Å²) in [7, 11) is 0. The van der Waals surface area contributed by atoms with Crippen molar-refractivity contribution in [3.05, 3.63) is 12.3 Å². The predicted molar refractivity (Wildman–Crippen MR) is 53.0 cm³/mol. The molecule has 0 aliphatic heterocycles. The lowest BCUT2D eigenvalue weighted by Gasteiger charge is -2.19. The van der Waals surface area contributed by atoms with E-state index in [9.17, 15) is 0 Å². The van der Waals surface area contributed by atoms with Gasteiger partial charge in [-0.3, -0.25) is 0 Å². The van der Waals surface area contributed by atoms with E-state index >= 15 is 0 Å². The Labute approximate surface area is 77.6 Å². The highest BCUT2D eigenvalue weighted by Gasteiger charge is 2.13. The molecule has 13 heavy (non-hydrogen) atoms. The molecule has 0 aromatic carbocycles. The fraction of sp³-hybridized carbons (Fsp3) is 0.333. The van der Waals surface area contributed by atoms with Gasteiger partial charge in [0.15, 0.2) is 0 Å². The van der Waals surface area contributed by atoms with Crippen LogP contribution in [-0.2, 0) is 0 Å². The Morgan fingerprint density at radius 2 is 2.31 bits per heavy atom. The van der Waals surface area contributed by atoms with E-state index in [-0.39, 0.29) is 5.95 Å². The molecule has 1 heterocycles. The van der Waals surface area contributed by atoms with Gasteiger partial charge in [0.05, 0.1) is 5.54 Å². The Bertz CT molecular complexity index is 338. The average molecular weight is 176 g/mol. The highest BCUT2D eigenvalue weighted by molar-refractivity contribution is 5.42. The second-order valence-electron chi connectivity index (χ2n) is 3.19. The summed E-state index contributed by atoms with van der Waals surface area (Å²) in [5.74, 6) is 3.47. The van der Waals surface area contributed by atoms with E-state index in [1.165, 1.54) is 0 Å². The molecule has 0 spiro atoms. The van der Waals surface area contributed by atoms with E-state index in [2.05, 4.69) is 21.2 Å². The quantitative estimate of drug-likeness (QED) is 0.657. The van der Waals surface area contributed by atoms with Crippen molar-refractivity contribution in [2.75, 3.05) is 11.1 Å². The summed E-state index contributed by atoms with van der Waals surface area (Å²) in [6.07, 6.45) is 6.89. The van der Waals surface area contributed by atoms with Crippen LogP contribution >= 0.6 is 0 Å². The summed E-state index contributed by atoms with van der Waals surface area (Å²) in [5, 5.41) is 3.04. The molecule has 0 aliphatic carbocycles. The van der Waals surface area contributed by atoms with Crippen LogP contribution in [0.25, 0.3) is 0 Å². The van der Waals surface area contributed by atoms with Crippen LogP contribution in [-0.4, -0.2) is 15.5 Å². The molecule has 0 bridgehead atoms. The first kappa shape index (κ1) is 9.33. The van der Waals surface area contributed by atoms with Gasteiger partial charge in [-0.15, -0.1) is 6.42 Å². The van der Waals surface area contributed by atoms with Crippen LogP contribution in [0.3, 0.4) is 0 Å². The monoisotopic (exact) mass is 176 g/mol. The van der Waals surface area contributed by atoms with Crippen LogP contribution in [0.5, 0.6) is 0 Å². The molecule has 1 rings (SSSR count). The fourth-order valence-corrected chi connectivity index (χ4v) is 0.800. The third-order valence-electron chi connectivity index (χ3n) is 1.48. The summed E-state index contributed by atoms with van der Waals surface area (Å²) in [6, 6.07) is 1.72. The molecule has 0 saturated heterocycles. The molecule has 0 radical (unpaired) electrons. The van der Waals surface area contributed by atoms with Crippen molar-refractivity contribution in [3.63, 3.8) is 0 Å². The second-order valence-corrected chi connectivity index (χ2v) is 3.19. The number of terminal acetylenes is 1. The van der Waals surface area contributed by atoms with E-state index < -0.39 is 5.54 Å². The molecular weight excluding hydrogens is 164 g/mol. The first-order valence-corrected chi connectivity index (χ1v) is 3.88. The summed E-state index contributed by atoms with van der Waals surface area (Å²) in [6.45, 7) is 3.76. The highest BCUT2D eigenvalue weighted by atomic mass is 15.1. The van der Waals surface area contributed by atoms with Gasteiger partial charge in [0.2, 0.25) is 5.95 Å². The van der Waals surface area contributed by atoms with Crippen molar-refractivity contribution < 1.29 is 0 Å². The topological polar surface area (TPSA) is 63.8 Å². The number of aromatic nitrogens is 2. The number of rotatable bonds is 2. The number of anilines is 2. The average Bonchev–Trinajstić information content (AvgIpc) is 2.03. The number of nitrogens with one attached hydrogen (secondary N) is 1. The maximum absolute atomic E-state index is 5.41. The molecule has 4 heteroatoms. The van der Waals surface area contributed by atoms with E-state index in [0.29, 0.717) is 5.82 Å². The Morgan fingerprint density at radius 1 is 1.62 bits per heavy atom. The summed E-state index contributed by atoms with van der Waals surface area (Å²) in [4.78, 5) is 7.74. The SMILES string of the molecule is C#CC(C)(C)Nc1ccnc(N)n1. The molecule has 0 aliphatic rings. The third-order valence-corrected chi connectivity index (χ3v) is 1.48. The Kier molecular flexibility index (Phi) is 2.38. The molecule has 0 atom stereocenters. The first-order chi connectivity index (χ1) is 6.03. The lowest BCUT2D eigenvalue weighted by Crippen LogP contribution is -2.29. The van der Waals surface area contributed by atoms with Crippen LogP contribution in [0.15, 0.2) is 12.3 Å². The van der Waals surface area contributed by atoms with Gasteiger partial charge in [0, 0.05) is 6.20 Å². The molecule has 1 aromatic rings. The predicted octanol–water partition coefficient (Wildman–Crippen LogP) is 0.883. The molecule has 3 N–H and O–H groups in total. The zero-order valence-corrected chi connectivity index (χ0v) is 7.70. The van der Waals surface area contributed by atoms with Crippen molar-refractivity contribution in [2.24, 2.45) is 0 Å². The first-order valence-electron chi connectivity index (χ1n) is 3.88. The Balaban J connectivity index is 2.82. The van der Waals surface area contributed by atoms with Crippen LogP contribution in [0.2, 0.25) is 0 Å². The minimum atomic E-state index is -0.430. The molecular formula is C9H12N4. The Morgan fingerprint density at radius 3 is 2.85 bits per heavy atom. The van der Waals surface area contributed by atoms with Crippen LogP contribution < -0.4 is 11.1 Å². The molecule has 0 saturated carbocycles. The van der Waals surface area contributed by atoms with Crippen molar-refractivity contribution in [3.8, 4) is 12.3 Å². The van der Waals surface area contributed by atoms with E-state index in [1.54, 1.807) is 12.3 Å². The van der Waals surface area contributed by atoms with Gasteiger partial charge in [-0.2, -0.15) is 4.98 Å². The van der Waals surface area contributed by atoms with Crippen LogP contribution in [0.4, 0.5) is 11.8 Å². The number of hydrogen-bond donors (Lipinski definition) is 2. The van der Waals surface area contributed by atoms with Crippen molar-refractivity contribution >= 4 is 11.8 Å². The molecule has 0 amide bonds.